The summed E-state index contributed by atoms with van der Waals surface area (Å²) >= 11 is 0. The van der Waals surface area contributed by atoms with Crippen LogP contribution in [0.3, 0.4) is 0 Å². The third-order valence-electron chi connectivity index (χ3n) is 3.75. The lowest BCUT2D eigenvalue weighted by Gasteiger charge is -2.10. The number of carbonyl (C=O) groups excluding carboxylic acids is 2. The van der Waals surface area contributed by atoms with E-state index in [4.69, 9.17) is 0 Å². The molecule has 0 aliphatic carbocycles. The van der Waals surface area contributed by atoms with Crippen molar-refractivity contribution >= 4 is 23.1 Å². The quantitative estimate of drug-likeness (QED) is 0.570. The van der Waals surface area contributed by atoms with E-state index in [9.17, 15) is 14.7 Å². The number of ether oxygens (including phenoxy) is 1. The van der Waals surface area contributed by atoms with E-state index >= 15 is 0 Å². The Morgan fingerprint density at radius 1 is 1.26 bits per heavy atom. The predicted molar refractivity (Wildman–Crippen MR) is 88.5 cm³/mol. The monoisotopic (exact) mass is 317 g/mol. The van der Waals surface area contributed by atoms with E-state index in [0.29, 0.717) is 23.2 Å². The highest BCUT2D eigenvalue weighted by Gasteiger charge is 2.25. The van der Waals surface area contributed by atoms with Crippen molar-refractivity contribution in [2.45, 2.75) is 51.7 Å². The van der Waals surface area contributed by atoms with E-state index in [1.54, 1.807) is 24.3 Å². The Morgan fingerprint density at radius 3 is 2.74 bits per heavy atom. The van der Waals surface area contributed by atoms with Gasteiger partial charge in [0.15, 0.2) is 0 Å². The first-order valence-electron chi connectivity index (χ1n) is 8.10. The summed E-state index contributed by atoms with van der Waals surface area (Å²) < 4.78 is 4.67. The minimum absolute atomic E-state index is 0.0214. The molecule has 1 unspecified atom stereocenters. The van der Waals surface area contributed by atoms with Gasteiger partial charge in [-0.2, -0.15) is 0 Å². The first-order valence-corrected chi connectivity index (χ1v) is 8.10. The van der Waals surface area contributed by atoms with Crippen molar-refractivity contribution in [1.29, 1.82) is 0 Å². The summed E-state index contributed by atoms with van der Waals surface area (Å²) in [5, 5.41) is 12.5. The summed E-state index contributed by atoms with van der Waals surface area (Å²) in [5.74, 6) is -0.582. The van der Waals surface area contributed by atoms with Crippen LogP contribution in [-0.2, 0) is 14.3 Å². The molecule has 23 heavy (non-hydrogen) atoms. The molecule has 1 aliphatic heterocycles. The van der Waals surface area contributed by atoms with Gasteiger partial charge < -0.3 is 15.2 Å². The molecule has 124 valence electrons. The molecule has 0 aromatic heterocycles. The average Bonchev–Trinajstić information content (AvgIpc) is 2.86. The van der Waals surface area contributed by atoms with E-state index in [-0.39, 0.29) is 5.91 Å². The average molecular weight is 317 g/mol. The van der Waals surface area contributed by atoms with Crippen LogP contribution in [0.4, 0.5) is 5.69 Å². The third-order valence-corrected chi connectivity index (χ3v) is 3.75. The standard InChI is InChI=1S/C18H23NO4/c1-2-3-4-5-6-10-16(20)19-14-9-7-8-13(11-14)15-12-17(21)23-18(15)22/h7-9,11-12,18,22H,2-6,10H2,1H3,(H,19,20). The van der Waals surface area contributed by atoms with Gasteiger partial charge in [0.1, 0.15) is 0 Å². The molecule has 1 aromatic carbocycles. The smallest absolute Gasteiger partial charge is 0.333 e. The fourth-order valence-corrected chi connectivity index (χ4v) is 2.52. The second-order valence-electron chi connectivity index (χ2n) is 5.68. The van der Waals surface area contributed by atoms with Crippen LogP contribution in [0.25, 0.3) is 5.57 Å². The second-order valence-corrected chi connectivity index (χ2v) is 5.68. The van der Waals surface area contributed by atoms with Gasteiger partial charge in [-0.05, 0) is 24.1 Å². The Kier molecular flexibility index (Phi) is 6.35. The highest BCUT2D eigenvalue weighted by atomic mass is 16.6. The summed E-state index contributed by atoms with van der Waals surface area (Å²) in [6, 6.07) is 7.04. The molecule has 5 nitrogen and oxygen atoms in total. The minimum atomic E-state index is -1.24. The number of anilines is 1. The number of carbonyl (C=O) groups is 2. The zero-order chi connectivity index (χ0) is 16.7. The highest BCUT2D eigenvalue weighted by Crippen LogP contribution is 2.26. The van der Waals surface area contributed by atoms with Gasteiger partial charge in [0.25, 0.3) is 0 Å². The Bertz CT molecular complexity index is 594. The van der Waals surface area contributed by atoms with E-state index in [0.717, 1.165) is 12.8 Å². The van der Waals surface area contributed by atoms with Crippen molar-refractivity contribution < 1.29 is 19.4 Å². The summed E-state index contributed by atoms with van der Waals surface area (Å²) in [4.78, 5) is 23.1. The molecular formula is C18H23NO4. The number of unbranched alkanes of at least 4 members (excludes halogenated alkanes) is 4. The van der Waals surface area contributed by atoms with Crippen LogP contribution in [0.1, 0.15) is 51.0 Å². The fraction of sp³-hybridized carbons (Fsp3) is 0.444. The van der Waals surface area contributed by atoms with Gasteiger partial charge in [-0.3, -0.25) is 4.79 Å². The topological polar surface area (TPSA) is 75.6 Å². The van der Waals surface area contributed by atoms with Crippen LogP contribution in [-0.4, -0.2) is 23.3 Å². The number of nitrogens with one attached hydrogen (secondary N) is 1. The first-order chi connectivity index (χ1) is 11.1. The van der Waals surface area contributed by atoms with Crippen LogP contribution in [0, 0.1) is 0 Å². The number of aliphatic hydroxyl groups is 1. The molecule has 1 aromatic rings. The fourth-order valence-electron chi connectivity index (χ4n) is 2.52. The summed E-state index contributed by atoms with van der Waals surface area (Å²) in [7, 11) is 0. The van der Waals surface area contributed by atoms with Crippen LogP contribution < -0.4 is 5.32 Å². The van der Waals surface area contributed by atoms with E-state index in [1.165, 1.54) is 25.3 Å². The molecule has 1 amide bonds. The second kappa shape index (κ2) is 8.48. The van der Waals surface area contributed by atoms with Gasteiger partial charge in [0.05, 0.1) is 0 Å². The number of rotatable bonds is 8. The van der Waals surface area contributed by atoms with Gasteiger partial charge in [-0.15, -0.1) is 0 Å². The maximum atomic E-state index is 11.9. The van der Waals surface area contributed by atoms with Gasteiger partial charge in [0.2, 0.25) is 12.2 Å². The molecule has 2 rings (SSSR count). The van der Waals surface area contributed by atoms with Crippen molar-refractivity contribution in [3.05, 3.63) is 35.9 Å². The summed E-state index contributed by atoms with van der Waals surface area (Å²) in [5.41, 5.74) is 1.71. The number of amides is 1. The number of aliphatic hydroxyl groups excluding tert-OH is 1. The molecule has 1 aliphatic rings. The molecule has 2 N–H and O–H groups in total. The molecule has 0 fully saturated rings. The lowest BCUT2D eigenvalue weighted by atomic mass is 10.1. The van der Waals surface area contributed by atoms with Crippen molar-refractivity contribution in [1.82, 2.24) is 0 Å². The largest absolute Gasteiger partial charge is 0.428 e. The van der Waals surface area contributed by atoms with Crippen molar-refractivity contribution in [2.75, 3.05) is 5.32 Å². The van der Waals surface area contributed by atoms with Gasteiger partial charge in [-0.25, -0.2) is 4.79 Å². The van der Waals surface area contributed by atoms with Crippen LogP contribution in [0.2, 0.25) is 0 Å². The maximum Gasteiger partial charge on any atom is 0.333 e. The normalized spacial score (nSPS) is 16.9. The SMILES string of the molecule is CCCCCCCC(=O)Nc1cccc(C2=CC(=O)OC2O)c1. The number of benzene rings is 1. The molecule has 0 saturated heterocycles. The molecule has 1 atom stereocenters. The molecular weight excluding hydrogens is 294 g/mol. The van der Waals surface area contributed by atoms with Gasteiger partial charge >= 0.3 is 5.97 Å². The summed E-state index contributed by atoms with van der Waals surface area (Å²) in [6.45, 7) is 2.16. The Balaban J connectivity index is 1.89. The van der Waals surface area contributed by atoms with Crippen molar-refractivity contribution in [2.24, 2.45) is 0 Å². The van der Waals surface area contributed by atoms with Crippen LogP contribution in [0.5, 0.6) is 0 Å². The minimum Gasteiger partial charge on any atom is -0.428 e. The third kappa shape index (κ3) is 5.21. The number of hydrogen-bond donors (Lipinski definition) is 2. The molecule has 5 heteroatoms. The van der Waals surface area contributed by atoms with E-state index in [1.807, 2.05) is 0 Å². The highest BCUT2D eigenvalue weighted by molar-refractivity contribution is 5.97. The maximum absolute atomic E-state index is 11.9. The molecule has 0 spiro atoms. The zero-order valence-corrected chi connectivity index (χ0v) is 13.4. The van der Waals surface area contributed by atoms with Crippen LogP contribution in [0.15, 0.2) is 30.3 Å². The molecule has 0 radical (unpaired) electrons. The Hall–Kier alpha value is -2.14. The van der Waals surface area contributed by atoms with Gasteiger partial charge in [0, 0.05) is 23.8 Å². The van der Waals surface area contributed by atoms with E-state index < -0.39 is 12.3 Å². The molecule has 1 heterocycles. The van der Waals surface area contributed by atoms with Crippen molar-refractivity contribution in [3.8, 4) is 0 Å². The lowest BCUT2D eigenvalue weighted by Crippen LogP contribution is -2.12. The predicted octanol–water partition coefficient (Wildman–Crippen LogP) is 3.24. The van der Waals surface area contributed by atoms with Crippen molar-refractivity contribution in [3.63, 3.8) is 0 Å². The summed E-state index contributed by atoms with van der Waals surface area (Å²) in [6.07, 6.45) is 6.04. The van der Waals surface area contributed by atoms with E-state index in [2.05, 4.69) is 17.0 Å². The molecule has 0 bridgehead atoms. The number of hydrogen-bond acceptors (Lipinski definition) is 4. The lowest BCUT2D eigenvalue weighted by molar-refractivity contribution is -0.149. The molecule has 0 saturated carbocycles. The first kappa shape index (κ1) is 17.2. The van der Waals surface area contributed by atoms with Gasteiger partial charge in [-0.1, -0.05) is 44.7 Å². The number of esters is 1. The number of cyclic esters (lactones) is 1. The zero-order valence-electron chi connectivity index (χ0n) is 13.4. The Labute approximate surface area is 136 Å². The van der Waals surface area contributed by atoms with Crippen LogP contribution >= 0.6 is 0 Å². The Morgan fingerprint density at radius 2 is 2.04 bits per heavy atom.